The van der Waals surface area contributed by atoms with Gasteiger partial charge in [0.25, 0.3) is 5.91 Å². The van der Waals surface area contributed by atoms with E-state index in [-0.39, 0.29) is 18.4 Å². The summed E-state index contributed by atoms with van der Waals surface area (Å²) in [5.41, 5.74) is 1.39. The molecule has 0 fully saturated rings. The summed E-state index contributed by atoms with van der Waals surface area (Å²) in [5.74, 6) is 0.0242. The summed E-state index contributed by atoms with van der Waals surface area (Å²) in [6.45, 7) is 1.87. The van der Waals surface area contributed by atoms with Gasteiger partial charge in [0.1, 0.15) is 5.75 Å². The first-order valence-electron chi connectivity index (χ1n) is 5.58. The van der Waals surface area contributed by atoms with Crippen LogP contribution in [0, 0.1) is 6.92 Å². The molecular formula is C13H18N2O3. The molecule has 2 amide bonds. The zero-order valence-corrected chi connectivity index (χ0v) is 11.1. The van der Waals surface area contributed by atoms with Gasteiger partial charge in [-0.05, 0) is 19.1 Å². The lowest BCUT2D eigenvalue weighted by molar-refractivity contribution is -0.127. The van der Waals surface area contributed by atoms with E-state index in [1.165, 1.54) is 12.0 Å². The van der Waals surface area contributed by atoms with Crippen LogP contribution in [0.15, 0.2) is 18.2 Å². The minimum absolute atomic E-state index is 0.0249. The van der Waals surface area contributed by atoms with Crippen LogP contribution in [-0.2, 0) is 4.79 Å². The van der Waals surface area contributed by atoms with Crippen LogP contribution in [0.5, 0.6) is 5.75 Å². The van der Waals surface area contributed by atoms with Crippen molar-refractivity contribution in [2.45, 2.75) is 6.92 Å². The lowest BCUT2D eigenvalue weighted by Crippen LogP contribution is -2.36. The second-order valence-corrected chi connectivity index (χ2v) is 4.17. The molecule has 0 unspecified atom stereocenters. The molecular weight excluding hydrogens is 232 g/mol. The smallest absolute Gasteiger partial charge is 0.255 e. The van der Waals surface area contributed by atoms with Gasteiger partial charge >= 0.3 is 0 Å². The van der Waals surface area contributed by atoms with Crippen molar-refractivity contribution in [1.29, 1.82) is 0 Å². The van der Waals surface area contributed by atoms with Crippen molar-refractivity contribution in [2.24, 2.45) is 0 Å². The standard InChI is InChI=1S/C13H18N2O3/c1-9-5-6-11(18-4)10(7-9)13(17)14-8-12(16)15(2)3/h5-7H,8H2,1-4H3,(H,14,17). The predicted molar refractivity (Wildman–Crippen MR) is 68.8 cm³/mol. The fourth-order valence-electron chi connectivity index (χ4n) is 1.41. The molecule has 0 saturated carbocycles. The summed E-state index contributed by atoms with van der Waals surface area (Å²) in [4.78, 5) is 24.7. The Morgan fingerprint density at radius 3 is 2.56 bits per heavy atom. The quantitative estimate of drug-likeness (QED) is 0.860. The van der Waals surface area contributed by atoms with E-state index in [9.17, 15) is 9.59 Å². The van der Waals surface area contributed by atoms with E-state index in [1.807, 2.05) is 13.0 Å². The lowest BCUT2D eigenvalue weighted by atomic mass is 10.1. The summed E-state index contributed by atoms with van der Waals surface area (Å²) in [5, 5.41) is 2.57. The van der Waals surface area contributed by atoms with Gasteiger partial charge in [0.05, 0.1) is 19.2 Å². The molecule has 0 saturated heterocycles. The first kappa shape index (κ1) is 14.0. The third kappa shape index (κ3) is 3.48. The third-order valence-electron chi connectivity index (χ3n) is 2.50. The van der Waals surface area contributed by atoms with Gasteiger partial charge in [-0.15, -0.1) is 0 Å². The number of ether oxygens (including phenoxy) is 1. The lowest BCUT2D eigenvalue weighted by Gasteiger charge is -2.12. The fourth-order valence-corrected chi connectivity index (χ4v) is 1.41. The minimum Gasteiger partial charge on any atom is -0.496 e. The van der Waals surface area contributed by atoms with Crippen LogP contribution in [0.1, 0.15) is 15.9 Å². The van der Waals surface area contributed by atoms with Crippen LogP contribution in [0.25, 0.3) is 0 Å². The maximum Gasteiger partial charge on any atom is 0.255 e. The maximum absolute atomic E-state index is 11.9. The fraction of sp³-hybridized carbons (Fsp3) is 0.385. The van der Waals surface area contributed by atoms with E-state index < -0.39 is 0 Å². The molecule has 1 N–H and O–H groups in total. The van der Waals surface area contributed by atoms with Gasteiger partial charge in [-0.25, -0.2) is 0 Å². The molecule has 1 aromatic rings. The number of amides is 2. The average Bonchev–Trinajstić information content (AvgIpc) is 2.35. The predicted octanol–water partition coefficient (Wildman–Crippen LogP) is 0.822. The van der Waals surface area contributed by atoms with E-state index in [0.717, 1.165) is 5.56 Å². The van der Waals surface area contributed by atoms with Gasteiger partial charge in [-0.3, -0.25) is 9.59 Å². The monoisotopic (exact) mass is 250 g/mol. The summed E-state index contributed by atoms with van der Waals surface area (Å²) in [7, 11) is 4.79. The van der Waals surface area contributed by atoms with Gasteiger partial charge in [-0.2, -0.15) is 0 Å². The van der Waals surface area contributed by atoms with E-state index in [0.29, 0.717) is 11.3 Å². The summed E-state index contributed by atoms with van der Waals surface area (Å²) in [6.07, 6.45) is 0. The molecule has 98 valence electrons. The normalized spacial score (nSPS) is 9.78. The SMILES string of the molecule is COc1ccc(C)cc1C(=O)NCC(=O)N(C)C. The summed E-state index contributed by atoms with van der Waals surface area (Å²) >= 11 is 0. The van der Waals surface area contributed by atoms with Crippen molar-refractivity contribution in [1.82, 2.24) is 10.2 Å². The highest BCUT2D eigenvalue weighted by Crippen LogP contribution is 2.19. The van der Waals surface area contributed by atoms with Crippen LogP contribution in [0.4, 0.5) is 0 Å². The molecule has 18 heavy (non-hydrogen) atoms. The van der Waals surface area contributed by atoms with Gasteiger partial charge < -0.3 is 15.0 Å². The largest absolute Gasteiger partial charge is 0.496 e. The number of carbonyl (C=O) groups is 2. The van der Waals surface area contributed by atoms with Crippen LogP contribution in [0.2, 0.25) is 0 Å². The van der Waals surface area contributed by atoms with E-state index in [2.05, 4.69) is 5.32 Å². The van der Waals surface area contributed by atoms with E-state index in [1.54, 1.807) is 26.2 Å². The Balaban J connectivity index is 2.78. The molecule has 0 spiro atoms. The number of nitrogens with zero attached hydrogens (tertiary/aromatic N) is 1. The highest BCUT2D eigenvalue weighted by molar-refractivity contribution is 5.98. The molecule has 0 aromatic heterocycles. The molecule has 5 nitrogen and oxygen atoms in total. The topological polar surface area (TPSA) is 58.6 Å². The Kier molecular flexibility index (Phi) is 4.71. The molecule has 0 aliphatic rings. The first-order chi connectivity index (χ1) is 8.45. The number of carbonyl (C=O) groups excluding carboxylic acids is 2. The molecule has 5 heteroatoms. The number of hydrogen-bond donors (Lipinski definition) is 1. The van der Waals surface area contributed by atoms with Gasteiger partial charge in [0.15, 0.2) is 0 Å². The zero-order chi connectivity index (χ0) is 13.7. The van der Waals surface area contributed by atoms with Gasteiger partial charge in [0, 0.05) is 14.1 Å². The number of benzene rings is 1. The number of likely N-dealkylation sites (N-methyl/N-ethyl adjacent to an activating group) is 1. The van der Waals surface area contributed by atoms with Crippen LogP contribution < -0.4 is 10.1 Å². The summed E-state index contributed by atoms with van der Waals surface area (Å²) in [6, 6.07) is 5.33. The number of aryl methyl sites for hydroxylation is 1. The number of methoxy groups -OCH3 is 1. The highest BCUT2D eigenvalue weighted by atomic mass is 16.5. The molecule has 0 radical (unpaired) electrons. The zero-order valence-electron chi connectivity index (χ0n) is 11.1. The van der Waals surface area contributed by atoms with Crippen molar-refractivity contribution < 1.29 is 14.3 Å². The number of rotatable bonds is 4. The van der Waals surface area contributed by atoms with E-state index in [4.69, 9.17) is 4.74 Å². The third-order valence-corrected chi connectivity index (χ3v) is 2.50. The van der Waals surface area contributed by atoms with Gasteiger partial charge in [-0.1, -0.05) is 11.6 Å². The Morgan fingerprint density at radius 2 is 2.00 bits per heavy atom. The minimum atomic E-state index is -0.314. The maximum atomic E-state index is 11.9. The number of hydrogen-bond acceptors (Lipinski definition) is 3. The Morgan fingerprint density at radius 1 is 1.33 bits per heavy atom. The Labute approximate surface area is 107 Å². The molecule has 0 atom stereocenters. The molecule has 1 rings (SSSR count). The van der Waals surface area contributed by atoms with Crippen molar-refractivity contribution in [3.05, 3.63) is 29.3 Å². The van der Waals surface area contributed by atoms with Crippen molar-refractivity contribution in [3.8, 4) is 5.75 Å². The summed E-state index contributed by atoms with van der Waals surface area (Å²) < 4.78 is 5.12. The average molecular weight is 250 g/mol. The van der Waals surface area contributed by atoms with Crippen molar-refractivity contribution >= 4 is 11.8 Å². The van der Waals surface area contributed by atoms with Crippen LogP contribution in [0.3, 0.4) is 0 Å². The molecule has 1 aromatic carbocycles. The van der Waals surface area contributed by atoms with Crippen molar-refractivity contribution in [3.63, 3.8) is 0 Å². The highest BCUT2D eigenvalue weighted by Gasteiger charge is 2.13. The van der Waals surface area contributed by atoms with Gasteiger partial charge in [0.2, 0.25) is 5.91 Å². The van der Waals surface area contributed by atoms with Crippen LogP contribution >= 0.6 is 0 Å². The molecule has 0 aliphatic carbocycles. The van der Waals surface area contributed by atoms with Crippen LogP contribution in [-0.4, -0.2) is 44.5 Å². The molecule has 0 aliphatic heterocycles. The molecule has 0 bridgehead atoms. The Hall–Kier alpha value is -2.04. The van der Waals surface area contributed by atoms with Crippen molar-refractivity contribution in [2.75, 3.05) is 27.7 Å². The second-order valence-electron chi connectivity index (χ2n) is 4.17. The Bertz CT molecular complexity index is 456. The molecule has 0 heterocycles. The second kappa shape index (κ2) is 6.05. The van der Waals surface area contributed by atoms with E-state index >= 15 is 0 Å². The first-order valence-corrected chi connectivity index (χ1v) is 5.58. The number of nitrogens with one attached hydrogen (secondary N) is 1.